The lowest BCUT2D eigenvalue weighted by Gasteiger charge is -2.32. The van der Waals surface area contributed by atoms with Crippen LogP contribution in [0, 0.1) is 15.9 Å². The first-order valence-corrected chi connectivity index (χ1v) is 13.9. The quantitative estimate of drug-likeness (QED) is 0.101. The number of hydrogen-bond acceptors (Lipinski definition) is 5. The summed E-state index contributed by atoms with van der Waals surface area (Å²) >= 11 is 6.13. The fourth-order valence-corrected chi connectivity index (χ4v) is 5.06. The van der Waals surface area contributed by atoms with Crippen molar-refractivity contribution in [2.24, 2.45) is 0 Å². The minimum Gasteiger partial charge on any atom is -0.325 e. The molecule has 0 saturated carbocycles. The summed E-state index contributed by atoms with van der Waals surface area (Å²) in [6, 6.07) is 25.5. The Morgan fingerprint density at radius 3 is 2.42 bits per heavy atom. The van der Waals surface area contributed by atoms with Gasteiger partial charge in [0.05, 0.1) is 32.6 Å². The van der Waals surface area contributed by atoms with Crippen molar-refractivity contribution in [3.05, 3.63) is 151 Å². The molecule has 1 unspecified atom stereocenters. The number of fused-ring (bicyclic) bond motifs is 1. The van der Waals surface area contributed by atoms with E-state index in [9.17, 15) is 24.1 Å². The van der Waals surface area contributed by atoms with Gasteiger partial charge in [0, 0.05) is 24.8 Å². The first-order valence-electron chi connectivity index (χ1n) is 13.5. The molecule has 0 spiro atoms. The number of nitro benzene ring substituents is 1. The molecular weight excluding hydrogens is 571 g/mol. The predicted octanol–water partition coefficient (Wildman–Crippen LogP) is 7.28. The number of carbonyl (C=O) groups excluding carboxylic acids is 1. The van der Waals surface area contributed by atoms with Crippen molar-refractivity contribution >= 4 is 40.2 Å². The Labute approximate surface area is 251 Å². The predicted molar refractivity (Wildman–Crippen MR) is 164 cm³/mol. The van der Waals surface area contributed by atoms with Crippen LogP contribution in [0.4, 0.5) is 10.1 Å². The number of halogens is 2. The number of nitrogens with zero attached hydrogens (tertiary/aromatic N) is 4. The average Bonchev–Trinajstić information content (AvgIpc) is 3.02. The van der Waals surface area contributed by atoms with Gasteiger partial charge in [-0.3, -0.25) is 24.3 Å². The molecule has 4 aromatic carbocycles. The van der Waals surface area contributed by atoms with Crippen LogP contribution in [0.5, 0.6) is 0 Å². The van der Waals surface area contributed by atoms with E-state index in [4.69, 9.17) is 16.6 Å². The van der Waals surface area contributed by atoms with Crippen LogP contribution in [-0.2, 0) is 11.3 Å². The van der Waals surface area contributed by atoms with E-state index in [2.05, 4.69) is 0 Å². The molecule has 0 radical (unpaired) electrons. The molecule has 5 rings (SSSR count). The van der Waals surface area contributed by atoms with Crippen LogP contribution >= 0.6 is 11.6 Å². The highest BCUT2D eigenvalue weighted by molar-refractivity contribution is 6.30. The zero-order valence-electron chi connectivity index (χ0n) is 23.1. The lowest BCUT2D eigenvalue weighted by molar-refractivity contribution is -0.384. The maximum atomic E-state index is 14.1. The lowest BCUT2D eigenvalue weighted by atomic mass is 10.1. The third-order valence-corrected chi connectivity index (χ3v) is 7.31. The summed E-state index contributed by atoms with van der Waals surface area (Å²) < 4.78 is 15.5. The Bertz CT molecular complexity index is 1890. The van der Waals surface area contributed by atoms with Gasteiger partial charge < -0.3 is 4.90 Å². The van der Waals surface area contributed by atoms with E-state index in [1.54, 1.807) is 47.4 Å². The highest BCUT2D eigenvalue weighted by atomic mass is 35.5. The Balaban J connectivity index is 1.65. The summed E-state index contributed by atoms with van der Waals surface area (Å²) in [6.45, 7) is 2.09. The summed E-state index contributed by atoms with van der Waals surface area (Å²) in [5.74, 6) is -0.694. The first kappa shape index (κ1) is 29.3. The molecule has 1 amide bonds. The van der Waals surface area contributed by atoms with E-state index < -0.39 is 16.8 Å². The molecule has 1 atom stereocenters. The van der Waals surface area contributed by atoms with E-state index in [1.807, 2.05) is 37.3 Å². The zero-order chi connectivity index (χ0) is 30.5. The lowest BCUT2D eigenvalue weighted by Crippen LogP contribution is -2.37. The molecule has 1 aromatic heterocycles. The fourth-order valence-electron chi connectivity index (χ4n) is 4.88. The van der Waals surface area contributed by atoms with Gasteiger partial charge in [-0.2, -0.15) is 0 Å². The first-order chi connectivity index (χ1) is 20.8. The zero-order valence-corrected chi connectivity index (χ0v) is 23.8. The van der Waals surface area contributed by atoms with Gasteiger partial charge in [-0.25, -0.2) is 9.37 Å². The molecule has 8 nitrogen and oxygen atoms in total. The number of amides is 1. The van der Waals surface area contributed by atoms with Crippen LogP contribution in [0.2, 0.25) is 5.02 Å². The number of benzene rings is 4. The smallest absolute Gasteiger partial charge is 0.269 e. The molecule has 10 heteroatoms. The van der Waals surface area contributed by atoms with E-state index in [1.165, 1.54) is 41.0 Å². The summed E-state index contributed by atoms with van der Waals surface area (Å²) in [5, 5.41) is 11.2. The van der Waals surface area contributed by atoms with Crippen molar-refractivity contribution in [1.29, 1.82) is 0 Å². The van der Waals surface area contributed by atoms with Crippen LogP contribution in [0.3, 0.4) is 0 Å². The summed E-state index contributed by atoms with van der Waals surface area (Å²) in [4.78, 5) is 44.9. The van der Waals surface area contributed by atoms with Crippen molar-refractivity contribution in [2.45, 2.75) is 25.9 Å². The third-order valence-electron chi connectivity index (χ3n) is 7.03. The second-order valence-corrected chi connectivity index (χ2v) is 10.2. The highest BCUT2D eigenvalue weighted by Gasteiger charge is 2.28. The minimum absolute atomic E-state index is 0.0542. The molecule has 5 aromatic rings. The van der Waals surface area contributed by atoms with Crippen LogP contribution in [-0.4, -0.2) is 25.3 Å². The molecule has 0 aliphatic carbocycles. The van der Waals surface area contributed by atoms with Gasteiger partial charge in [0.2, 0.25) is 5.91 Å². The Morgan fingerprint density at radius 1 is 1.05 bits per heavy atom. The second kappa shape index (κ2) is 12.8. The maximum absolute atomic E-state index is 14.1. The molecule has 0 N–H and O–H groups in total. The Morgan fingerprint density at radius 2 is 1.74 bits per heavy atom. The Hall–Kier alpha value is -5.15. The van der Waals surface area contributed by atoms with Gasteiger partial charge in [-0.05, 0) is 66.1 Å². The fraction of sp³-hybridized carbons (Fsp3) is 0.121. The van der Waals surface area contributed by atoms with Gasteiger partial charge in [0.25, 0.3) is 11.2 Å². The van der Waals surface area contributed by atoms with E-state index >= 15 is 0 Å². The SMILES string of the molecule is CCC(c1nc2ccccc2c(=O)n1-c1ccc(F)c(Cl)c1)N(Cc1ccccc1)C(=O)/C=C/c1ccc([N+](=O)[O-])cc1. The van der Waals surface area contributed by atoms with Crippen molar-refractivity contribution in [3.63, 3.8) is 0 Å². The molecule has 0 saturated heterocycles. The molecule has 0 aliphatic rings. The van der Waals surface area contributed by atoms with Gasteiger partial charge in [-0.1, -0.05) is 61.0 Å². The van der Waals surface area contributed by atoms with E-state index in [0.29, 0.717) is 34.4 Å². The van der Waals surface area contributed by atoms with Gasteiger partial charge >= 0.3 is 0 Å². The van der Waals surface area contributed by atoms with Crippen LogP contribution in [0.1, 0.15) is 36.3 Å². The van der Waals surface area contributed by atoms with Crippen LogP contribution < -0.4 is 5.56 Å². The molecule has 216 valence electrons. The van der Waals surface area contributed by atoms with Crippen molar-refractivity contribution in [3.8, 4) is 5.69 Å². The molecule has 0 fully saturated rings. The average molecular weight is 597 g/mol. The molecule has 1 heterocycles. The molecular formula is C33H26ClFN4O4. The highest BCUT2D eigenvalue weighted by Crippen LogP contribution is 2.29. The number of nitro groups is 1. The van der Waals surface area contributed by atoms with Gasteiger partial charge in [-0.15, -0.1) is 0 Å². The largest absolute Gasteiger partial charge is 0.325 e. The topological polar surface area (TPSA) is 98.3 Å². The standard InChI is InChI=1S/C33H26ClFN4O4/c1-2-30(32-36-29-11-7-6-10-26(29)33(41)38(32)25-17-18-28(35)27(34)20-25)37(21-23-8-4-3-5-9-23)31(40)19-14-22-12-15-24(16-13-22)39(42)43/h3-20,30H,2,21H2,1H3/b19-14+. The van der Waals surface area contributed by atoms with Crippen LogP contribution in [0.25, 0.3) is 22.7 Å². The minimum atomic E-state index is -0.685. The summed E-state index contributed by atoms with van der Waals surface area (Å²) in [6.07, 6.45) is 3.37. The molecule has 43 heavy (non-hydrogen) atoms. The number of hydrogen-bond donors (Lipinski definition) is 0. The van der Waals surface area contributed by atoms with Gasteiger partial charge in [0.15, 0.2) is 0 Å². The van der Waals surface area contributed by atoms with E-state index in [-0.39, 0.29) is 28.7 Å². The summed E-state index contributed by atoms with van der Waals surface area (Å²) in [7, 11) is 0. The monoisotopic (exact) mass is 596 g/mol. The molecule has 0 bridgehead atoms. The Kier molecular flexibility index (Phi) is 8.73. The third kappa shape index (κ3) is 6.37. The van der Waals surface area contributed by atoms with Crippen LogP contribution in [0.15, 0.2) is 108 Å². The van der Waals surface area contributed by atoms with Crippen molar-refractivity contribution < 1.29 is 14.1 Å². The number of aromatic nitrogens is 2. The second-order valence-electron chi connectivity index (χ2n) is 9.78. The van der Waals surface area contributed by atoms with Gasteiger partial charge in [0.1, 0.15) is 11.6 Å². The van der Waals surface area contributed by atoms with Crippen molar-refractivity contribution in [2.75, 3.05) is 0 Å². The normalized spacial score (nSPS) is 12.0. The number of para-hydroxylation sites is 1. The molecule has 0 aliphatic heterocycles. The van der Waals surface area contributed by atoms with E-state index in [0.717, 1.165) is 5.56 Å². The van der Waals surface area contributed by atoms with Crippen molar-refractivity contribution in [1.82, 2.24) is 14.5 Å². The number of carbonyl (C=O) groups is 1. The number of non-ortho nitro benzene ring substituents is 1. The maximum Gasteiger partial charge on any atom is 0.269 e. The number of rotatable bonds is 9. The summed E-state index contributed by atoms with van der Waals surface area (Å²) in [5.41, 5.74) is 1.80.